The molecule has 0 radical (unpaired) electrons. The summed E-state index contributed by atoms with van der Waals surface area (Å²) >= 11 is 5.62. The van der Waals surface area contributed by atoms with Crippen LogP contribution >= 0.6 is 11.6 Å². The predicted molar refractivity (Wildman–Crippen MR) is 103 cm³/mol. The molecule has 1 fully saturated rings. The monoisotopic (exact) mass is 446 g/mol. The molecule has 150 valence electrons. The Labute approximate surface area is 167 Å². The van der Waals surface area contributed by atoms with E-state index in [1.807, 2.05) is 0 Å². The Balaban J connectivity index is 1.72. The van der Waals surface area contributed by atoms with Gasteiger partial charge in [-0.1, -0.05) is 11.6 Å². The van der Waals surface area contributed by atoms with E-state index in [0.717, 1.165) is 18.2 Å². The number of carbonyl (C=O) groups is 1. The topological polar surface area (TPSA) is 101 Å². The van der Waals surface area contributed by atoms with Crippen LogP contribution in [0.3, 0.4) is 0 Å². The Kier molecular flexibility index (Phi) is 5.64. The van der Waals surface area contributed by atoms with Crippen LogP contribution in [-0.4, -0.2) is 52.2 Å². The first-order valence-corrected chi connectivity index (χ1v) is 11.8. The van der Waals surface area contributed by atoms with Crippen molar-refractivity contribution in [1.82, 2.24) is 4.90 Å². The average Bonchev–Trinajstić information content (AvgIpc) is 2.63. The first kappa shape index (κ1) is 20.6. The lowest BCUT2D eigenvalue weighted by atomic mass is 10.2. The Morgan fingerprint density at radius 1 is 1.07 bits per heavy atom. The zero-order valence-corrected chi connectivity index (χ0v) is 16.8. The lowest BCUT2D eigenvalue weighted by Gasteiger charge is -2.26. The minimum atomic E-state index is -3.98. The van der Waals surface area contributed by atoms with Gasteiger partial charge in [-0.2, -0.15) is 0 Å². The van der Waals surface area contributed by atoms with Crippen molar-refractivity contribution >= 4 is 43.1 Å². The van der Waals surface area contributed by atoms with E-state index < -0.39 is 25.7 Å². The van der Waals surface area contributed by atoms with Gasteiger partial charge in [0.05, 0.1) is 21.4 Å². The number of amides is 1. The number of hydrogen-bond donors (Lipinski definition) is 1. The highest BCUT2D eigenvalue weighted by Gasteiger charge is 2.25. The molecule has 0 atom stereocenters. The number of rotatable bonds is 4. The standard InChI is InChI=1S/C17H16ClFN2O5S2/c18-15-11-14(5-6-16(15)19)28(25,26)20-13-3-1-12(2-4-13)17(22)21-7-9-27(23,24)10-8-21/h1-6,11,20H,7-10H2. The molecule has 2 aromatic rings. The molecule has 0 aliphatic carbocycles. The molecule has 1 N–H and O–H groups in total. The van der Waals surface area contributed by atoms with Crippen LogP contribution in [0.2, 0.25) is 5.02 Å². The SMILES string of the molecule is O=C(c1ccc(NS(=O)(=O)c2ccc(F)c(Cl)c2)cc1)N1CCS(=O)(=O)CC1. The zero-order chi connectivity index (χ0) is 20.5. The highest BCUT2D eigenvalue weighted by atomic mass is 35.5. The molecule has 1 amide bonds. The van der Waals surface area contributed by atoms with E-state index in [1.54, 1.807) is 0 Å². The summed E-state index contributed by atoms with van der Waals surface area (Å²) in [6.07, 6.45) is 0. The largest absolute Gasteiger partial charge is 0.337 e. The van der Waals surface area contributed by atoms with E-state index >= 15 is 0 Å². The third-order valence-corrected chi connectivity index (χ3v) is 7.49. The maximum atomic E-state index is 13.2. The second kappa shape index (κ2) is 7.69. The van der Waals surface area contributed by atoms with E-state index in [2.05, 4.69) is 4.72 Å². The summed E-state index contributed by atoms with van der Waals surface area (Å²) in [6, 6.07) is 8.76. The first-order valence-electron chi connectivity index (χ1n) is 8.15. The Morgan fingerprint density at radius 2 is 1.68 bits per heavy atom. The highest BCUT2D eigenvalue weighted by molar-refractivity contribution is 7.92. The van der Waals surface area contributed by atoms with Crippen LogP contribution in [0.1, 0.15) is 10.4 Å². The molecule has 0 aromatic heterocycles. The van der Waals surface area contributed by atoms with Crippen molar-refractivity contribution in [3.05, 3.63) is 58.9 Å². The van der Waals surface area contributed by atoms with Crippen molar-refractivity contribution in [3.8, 4) is 0 Å². The van der Waals surface area contributed by atoms with Crippen LogP contribution in [-0.2, 0) is 19.9 Å². The normalized spacial score (nSPS) is 16.6. The van der Waals surface area contributed by atoms with Crippen LogP contribution in [0, 0.1) is 5.82 Å². The minimum Gasteiger partial charge on any atom is -0.337 e. The fourth-order valence-electron chi connectivity index (χ4n) is 2.64. The van der Waals surface area contributed by atoms with Crippen molar-refractivity contribution in [1.29, 1.82) is 0 Å². The molecule has 3 rings (SSSR count). The molecular formula is C17H16ClFN2O5S2. The van der Waals surface area contributed by atoms with Gasteiger partial charge in [0.2, 0.25) is 0 Å². The number of halogens is 2. The highest BCUT2D eigenvalue weighted by Crippen LogP contribution is 2.22. The molecule has 0 saturated carbocycles. The third-order valence-electron chi connectivity index (χ3n) is 4.22. The summed E-state index contributed by atoms with van der Waals surface area (Å²) in [5.74, 6) is -1.20. The number of sulfonamides is 1. The fourth-order valence-corrected chi connectivity index (χ4v) is 5.17. The van der Waals surface area contributed by atoms with Gasteiger partial charge in [0.25, 0.3) is 15.9 Å². The molecule has 1 heterocycles. The van der Waals surface area contributed by atoms with Crippen molar-refractivity contribution in [2.24, 2.45) is 0 Å². The van der Waals surface area contributed by atoms with Crippen molar-refractivity contribution in [2.75, 3.05) is 29.3 Å². The van der Waals surface area contributed by atoms with Crippen LogP contribution in [0.5, 0.6) is 0 Å². The van der Waals surface area contributed by atoms with Crippen molar-refractivity contribution in [3.63, 3.8) is 0 Å². The van der Waals surface area contributed by atoms with E-state index in [0.29, 0.717) is 5.56 Å². The fraction of sp³-hybridized carbons (Fsp3) is 0.235. The van der Waals surface area contributed by atoms with Gasteiger partial charge in [0.1, 0.15) is 5.82 Å². The molecule has 1 saturated heterocycles. The zero-order valence-electron chi connectivity index (χ0n) is 14.4. The molecular weight excluding hydrogens is 431 g/mol. The molecule has 2 aromatic carbocycles. The van der Waals surface area contributed by atoms with E-state index in [9.17, 15) is 26.0 Å². The minimum absolute atomic E-state index is 0.0726. The van der Waals surface area contributed by atoms with E-state index in [1.165, 1.54) is 29.2 Å². The number of benzene rings is 2. The molecule has 28 heavy (non-hydrogen) atoms. The number of hydrogen-bond acceptors (Lipinski definition) is 5. The van der Waals surface area contributed by atoms with Gasteiger partial charge in [-0.3, -0.25) is 9.52 Å². The average molecular weight is 447 g/mol. The molecule has 7 nitrogen and oxygen atoms in total. The molecule has 11 heteroatoms. The summed E-state index contributed by atoms with van der Waals surface area (Å²) in [4.78, 5) is 13.7. The van der Waals surface area contributed by atoms with Gasteiger partial charge < -0.3 is 4.90 Å². The second-order valence-corrected chi connectivity index (χ2v) is 10.6. The Hall–Kier alpha value is -2.17. The number of anilines is 1. The molecule has 0 spiro atoms. The van der Waals surface area contributed by atoms with E-state index in [-0.39, 0.29) is 46.1 Å². The van der Waals surface area contributed by atoms with Crippen molar-refractivity contribution in [2.45, 2.75) is 4.90 Å². The Morgan fingerprint density at radius 3 is 2.25 bits per heavy atom. The van der Waals surface area contributed by atoms with Crippen molar-refractivity contribution < 1.29 is 26.0 Å². The molecule has 0 unspecified atom stereocenters. The quantitative estimate of drug-likeness (QED) is 0.775. The second-order valence-electron chi connectivity index (χ2n) is 6.20. The summed E-state index contributed by atoms with van der Waals surface area (Å²) < 4.78 is 63.2. The van der Waals surface area contributed by atoms with Gasteiger partial charge in [-0.15, -0.1) is 0 Å². The van der Waals surface area contributed by atoms with Crippen LogP contribution in [0.4, 0.5) is 10.1 Å². The first-order chi connectivity index (χ1) is 13.1. The molecule has 1 aliphatic rings. The summed E-state index contributed by atoms with van der Waals surface area (Å²) in [7, 11) is -7.08. The number of nitrogens with one attached hydrogen (secondary N) is 1. The van der Waals surface area contributed by atoms with Gasteiger partial charge in [0.15, 0.2) is 9.84 Å². The summed E-state index contributed by atoms with van der Waals surface area (Å²) in [5, 5.41) is -0.313. The Bertz CT molecular complexity index is 1100. The third kappa shape index (κ3) is 4.62. The number of sulfone groups is 1. The maximum Gasteiger partial charge on any atom is 0.261 e. The van der Waals surface area contributed by atoms with Gasteiger partial charge in [-0.25, -0.2) is 21.2 Å². The number of carbonyl (C=O) groups excluding carboxylic acids is 1. The summed E-state index contributed by atoms with van der Waals surface area (Å²) in [5.41, 5.74) is 0.519. The van der Waals surface area contributed by atoms with Gasteiger partial charge in [-0.05, 0) is 42.5 Å². The smallest absolute Gasteiger partial charge is 0.261 e. The summed E-state index contributed by atoms with van der Waals surface area (Å²) in [6.45, 7) is 0.252. The lowest BCUT2D eigenvalue weighted by molar-refractivity contribution is 0.0770. The lowest BCUT2D eigenvalue weighted by Crippen LogP contribution is -2.43. The predicted octanol–water partition coefficient (Wildman–Crippen LogP) is 2.15. The molecule has 0 bridgehead atoms. The number of nitrogens with zero attached hydrogens (tertiary/aromatic N) is 1. The van der Waals surface area contributed by atoms with E-state index in [4.69, 9.17) is 11.6 Å². The molecule has 1 aliphatic heterocycles. The van der Waals surface area contributed by atoms with Gasteiger partial charge in [0, 0.05) is 24.3 Å². The van der Waals surface area contributed by atoms with Crippen LogP contribution in [0.25, 0.3) is 0 Å². The van der Waals surface area contributed by atoms with Crippen LogP contribution < -0.4 is 4.72 Å². The van der Waals surface area contributed by atoms with Crippen LogP contribution in [0.15, 0.2) is 47.4 Å². The van der Waals surface area contributed by atoms with Gasteiger partial charge >= 0.3 is 0 Å². The maximum absolute atomic E-state index is 13.2.